The Morgan fingerprint density at radius 1 is 0.593 bits per heavy atom. The topological polar surface area (TPSA) is 120 Å². The fourth-order valence-electron chi connectivity index (χ4n) is 5.16. The van der Waals surface area contributed by atoms with E-state index in [0.29, 0.717) is 19.4 Å². The second-order valence-electron chi connectivity index (χ2n) is 13.4. The van der Waals surface area contributed by atoms with Crippen molar-refractivity contribution >= 4 is 19.8 Å². The molecular formula is C44H76NO8P. The van der Waals surface area contributed by atoms with Crippen LogP contribution in [0.3, 0.4) is 0 Å². The number of nitrogens with one attached hydrogen (secondary N) is 1. The van der Waals surface area contributed by atoms with Gasteiger partial charge in [-0.1, -0.05) is 132 Å². The van der Waals surface area contributed by atoms with E-state index >= 15 is 0 Å². The molecule has 0 heterocycles. The van der Waals surface area contributed by atoms with Crippen molar-refractivity contribution in [1.29, 1.82) is 0 Å². The van der Waals surface area contributed by atoms with Crippen molar-refractivity contribution in [3.63, 3.8) is 0 Å². The number of ether oxygens (including phenoxy) is 2. The summed E-state index contributed by atoms with van der Waals surface area (Å²) in [5, 5.41) is 2.82. The fourth-order valence-corrected chi connectivity index (χ4v) is 5.91. The molecular weight excluding hydrogens is 701 g/mol. The third-order valence-electron chi connectivity index (χ3n) is 8.31. The maximum absolute atomic E-state index is 12.6. The number of phosphoric acid groups is 1. The lowest BCUT2D eigenvalue weighted by atomic mass is 10.1. The lowest BCUT2D eigenvalue weighted by Crippen LogP contribution is -2.29. The number of carbonyl (C=O) groups excluding carboxylic acids is 2. The summed E-state index contributed by atoms with van der Waals surface area (Å²) in [7, 11) is -2.67. The van der Waals surface area contributed by atoms with Gasteiger partial charge in [-0.05, 0) is 90.5 Å². The molecule has 2 atom stereocenters. The summed E-state index contributed by atoms with van der Waals surface area (Å²) in [6, 6.07) is 0. The van der Waals surface area contributed by atoms with E-state index < -0.39 is 32.5 Å². The molecule has 0 saturated heterocycles. The van der Waals surface area contributed by atoms with Crippen molar-refractivity contribution in [2.24, 2.45) is 0 Å². The molecule has 0 bridgehead atoms. The van der Waals surface area contributed by atoms with Gasteiger partial charge in [0.25, 0.3) is 0 Å². The molecule has 0 aliphatic carbocycles. The largest absolute Gasteiger partial charge is 0.472 e. The third-order valence-corrected chi connectivity index (χ3v) is 9.29. The number of hydrogen-bond donors (Lipinski definition) is 2. The second kappa shape index (κ2) is 40.1. The van der Waals surface area contributed by atoms with Crippen LogP contribution >= 0.6 is 7.82 Å². The van der Waals surface area contributed by atoms with Gasteiger partial charge in [-0.25, -0.2) is 4.57 Å². The summed E-state index contributed by atoms with van der Waals surface area (Å²) in [6.07, 6.45) is 46.5. The van der Waals surface area contributed by atoms with Gasteiger partial charge in [-0.3, -0.25) is 18.6 Å². The summed E-state index contributed by atoms with van der Waals surface area (Å²) in [4.78, 5) is 35.0. The average molecular weight is 778 g/mol. The number of phosphoric ester groups is 1. The van der Waals surface area contributed by atoms with E-state index in [1.54, 1.807) is 7.05 Å². The van der Waals surface area contributed by atoms with Crippen molar-refractivity contribution in [1.82, 2.24) is 5.32 Å². The average Bonchev–Trinajstić information content (AvgIpc) is 3.15. The number of esters is 2. The molecule has 0 rings (SSSR count). The van der Waals surface area contributed by atoms with Crippen molar-refractivity contribution < 1.29 is 37.6 Å². The Kier molecular flexibility index (Phi) is 38.2. The fraction of sp³-hybridized carbons (Fsp3) is 0.682. The van der Waals surface area contributed by atoms with Gasteiger partial charge in [0.2, 0.25) is 0 Å². The molecule has 9 nitrogen and oxygen atoms in total. The molecule has 2 N–H and O–H groups in total. The molecule has 0 fully saturated rings. The van der Waals surface area contributed by atoms with Gasteiger partial charge in [0.05, 0.1) is 13.2 Å². The predicted octanol–water partition coefficient (Wildman–Crippen LogP) is 11.8. The summed E-state index contributed by atoms with van der Waals surface area (Å²) < 4.78 is 33.1. The minimum absolute atomic E-state index is 0.0278. The van der Waals surface area contributed by atoms with E-state index in [2.05, 4.69) is 92.1 Å². The number of allylic oxidation sites excluding steroid dienone is 12. The Morgan fingerprint density at radius 2 is 1.06 bits per heavy atom. The summed E-state index contributed by atoms with van der Waals surface area (Å²) >= 11 is 0. The highest BCUT2D eigenvalue weighted by Crippen LogP contribution is 2.43. The summed E-state index contributed by atoms with van der Waals surface area (Å²) in [6.45, 7) is 4.02. The zero-order valence-electron chi connectivity index (χ0n) is 34.1. The smallest absolute Gasteiger partial charge is 0.462 e. The van der Waals surface area contributed by atoms with Crippen LogP contribution in [0.25, 0.3) is 0 Å². The standard InChI is InChI=1S/C44H76NO8P/c1-4-6-8-10-12-14-16-18-20-21-23-24-26-28-30-32-34-36-43(46)50-40-42(41-52-54(48,49)51-39-38-45-3)53-44(47)37-35-33-31-29-27-25-22-19-17-15-13-11-9-7-5-2/h6,8,12-15,18-20,22-24,42,45H,4-5,7,9-11,16-17,21,25-41H2,1-3H3,(H,48,49)/b8-6-,14-12-,15-13-,20-18-,22-19-,24-23-. The summed E-state index contributed by atoms with van der Waals surface area (Å²) in [5.74, 6) is -0.858. The van der Waals surface area contributed by atoms with Gasteiger partial charge < -0.3 is 19.7 Å². The number of likely N-dealkylation sites (N-methyl/N-ethyl adjacent to an activating group) is 1. The van der Waals surface area contributed by atoms with Gasteiger partial charge in [0, 0.05) is 19.4 Å². The van der Waals surface area contributed by atoms with Crippen LogP contribution < -0.4 is 5.32 Å². The number of hydrogen-bond acceptors (Lipinski definition) is 8. The highest BCUT2D eigenvalue weighted by Gasteiger charge is 2.26. The number of carbonyl (C=O) groups is 2. The minimum Gasteiger partial charge on any atom is -0.462 e. The van der Waals surface area contributed by atoms with E-state index in [-0.39, 0.29) is 26.1 Å². The number of rotatable bonds is 38. The molecule has 0 aliphatic heterocycles. The van der Waals surface area contributed by atoms with Crippen molar-refractivity contribution in [3.8, 4) is 0 Å². The van der Waals surface area contributed by atoms with Crippen LogP contribution in [0.1, 0.15) is 155 Å². The first-order valence-corrected chi connectivity index (χ1v) is 22.4. The monoisotopic (exact) mass is 778 g/mol. The molecule has 0 spiro atoms. The summed E-state index contributed by atoms with van der Waals surface area (Å²) in [5.41, 5.74) is 0. The Morgan fingerprint density at radius 3 is 1.57 bits per heavy atom. The zero-order valence-corrected chi connectivity index (χ0v) is 35.0. The van der Waals surface area contributed by atoms with E-state index in [0.717, 1.165) is 89.9 Å². The molecule has 0 radical (unpaired) electrons. The van der Waals surface area contributed by atoms with Crippen LogP contribution in [0.15, 0.2) is 72.9 Å². The Hall–Kier alpha value is -2.55. The SMILES string of the molecule is CC/C=C\C/C=C\C/C=C\C/C=C\CCCCCCC(=O)OCC(COP(=O)(O)OCCNC)OC(=O)CCCCCCC/C=C\C/C=C\CCCCC. The van der Waals surface area contributed by atoms with Gasteiger partial charge in [0.15, 0.2) is 6.10 Å². The minimum atomic E-state index is -4.36. The van der Waals surface area contributed by atoms with Crippen molar-refractivity contribution in [2.75, 3.05) is 33.4 Å². The van der Waals surface area contributed by atoms with Crippen LogP contribution in [0.2, 0.25) is 0 Å². The Bertz CT molecular complexity index is 1110. The van der Waals surface area contributed by atoms with Crippen LogP contribution in [0.5, 0.6) is 0 Å². The molecule has 10 heteroatoms. The highest BCUT2D eigenvalue weighted by atomic mass is 31.2. The van der Waals surface area contributed by atoms with Crippen molar-refractivity contribution in [2.45, 2.75) is 161 Å². The lowest BCUT2D eigenvalue weighted by molar-refractivity contribution is -0.161. The number of unbranched alkanes of at least 4 members (excludes halogenated alkanes) is 12. The molecule has 0 saturated carbocycles. The van der Waals surface area contributed by atoms with Crippen LogP contribution in [-0.2, 0) is 32.7 Å². The van der Waals surface area contributed by atoms with Crippen LogP contribution in [-0.4, -0.2) is 56.3 Å². The molecule has 0 amide bonds. The molecule has 0 aliphatic rings. The normalized spacial score (nSPS) is 14.1. The van der Waals surface area contributed by atoms with Gasteiger partial charge in [0.1, 0.15) is 6.61 Å². The lowest BCUT2D eigenvalue weighted by Gasteiger charge is -2.20. The van der Waals surface area contributed by atoms with Crippen molar-refractivity contribution in [3.05, 3.63) is 72.9 Å². The Balaban J connectivity index is 4.33. The van der Waals surface area contributed by atoms with E-state index in [4.69, 9.17) is 18.5 Å². The second-order valence-corrected chi connectivity index (χ2v) is 14.9. The van der Waals surface area contributed by atoms with E-state index in [9.17, 15) is 19.0 Å². The first-order valence-electron chi connectivity index (χ1n) is 20.9. The molecule has 0 aromatic heterocycles. The zero-order chi connectivity index (χ0) is 39.6. The highest BCUT2D eigenvalue weighted by molar-refractivity contribution is 7.47. The first kappa shape index (κ1) is 51.5. The predicted molar refractivity (Wildman–Crippen MR) is 224 cm³/mol. The Labute approximate surface area is 329 Å². The molecule has 0 aromatic rings. The maximum Gasteiger partial charge on any atom is 0.472 e. The van der Waals surface area contributed by atoms with E-state index in [1.165, 1.54) is 25.7 Å². The van der Waals surface area contributed by atoms with Gasteiger partial charge in [-0.2, -0.15) is 0 Å². The quantitative estimate of drug-likeness (QED) is 0.0273. The molecule has 2 unspecified atom stereocenters. The van der Waals surface area contributed by atoms with Crippen LogP contribution in [0.4, 0.5) is 0 Å². The van der Waals surface area contributed by atoms with Gasteiger partial charge >= 0.3 is 19.8 Å². The molecule has 310 valence electrons. The van der Waals surface area contributed by atoms with E-state index in [1.807, 2.05) is 0 Å². The van der Waals surface area contributed by atoms with Crippen LogP contribution in [0, 0.1) is 0 Å². The molecule has 54 heavy (non-hydrogen) atoms. The first-order chi connectivity index (χ1) is 26.3. The maximum atomic E-state index is 12.6. The molecule has 0 aromatic carbocycles. The third kappa shape index (κ3) is 39.2. The van der Waals surface area contributed by atoms with Gasteiger partial charge in [-0.15, -0.1) is 0 Å².